The molecular formula is C29H34ClN7O2. The molecule has 2 aromatic heterocycles. The van der Waals surface area contributed by atoms with E-state index < -0.39 is 6.04 Å². The Bertz CT molecular complexity index is 1550. The van der Waals surface area contributed by atoms with E-state index in [1.54, 1.807) is 0 Å². The monoisotopic (exact) mass is 547 g/mol. The van der Waals surface area contributed by atoms with Crippen molar-refractivity contribution in [3.8, 4) is 0 Å². The molecule has 0 amide bonds. The molecule has 2 unspecified atom stereocenters. The van der Waals surface area contributed by atoms with E-state index in [1.165, 1.54) is 5.56 Å². The van der Waals surface area contributed by atoms with Gasteiger partial charge in [-0.15, -0.1) is 5.10 Å². The highest BCUT2D eigenvalue weighted by molar-refractivity contribution is 6.30. The highest BCUT2D eigenvalue weighted by Crippen LogP contribution is 2.32. The molecule has 2 fully saturated rings. The normalized spacial score (nSPS) is 19.2. The van der Waals surface area contributed by atoms with Crippen LogP contribution in [0.1, 0.15) is 47.0 Å². The van der Waals surface area contributed by atoms with Crippen LogP contribution in [0.15, 0.2) is 41.2 Å². The van der Waals surface area contributed by atoms with Crippen LogP contribution in [0.2, 0.25) is 5.02 Å². The van der Waals surface area contributed by atoms with Crippen molar-refractivity contribution in [3.63, 3.8) is 0 Å². The fourth-order valence-electron chi connectivity index (χ4n) is 5.96. The number of aryl methyl sites for hydroxylation is 3. The van der Waals surface area contributed by atoms with Crippen LogP contribution >= 0.6 is 11.6 Å². The third-order valence-electron chi connectivity index (χ3n) is 8.16. The molecule has 2 aliphatic heterocycles. The van der Waals surface area contributed by atoms with Crippen LogP contribution in [-0.4, -0.2) is 69.0 Å². The Labute approximate surface area is 232 Å². The standard InChI is InChI=1S/C29H34ClN7O2/c1-18-6-7-20(3)26-23(18)16-24(29(38)31-26)27(28-32-33-34-37(28)17-22-5-4-14-39-22)36-12-10-35(11-13-36)25-15-21(30)9-8-19(25)2/h6-9,15-16,22,27H,4-5,10-14,17H2,1-3H3,(H,31,38). The summed E-state index contributed by atoms with van der Waals surface area (Å²) in [5.74, 6) is 0.674. The number of halogens is 1. The number of piperazine rings is 1. The van der Waals surface area contributed by atoms with Crippen molar-refractivity contribution in [2.45, 2.75) is 52.3 Å². The van der Waals surface area contributed by atoms with Crippen molar-refractivity contribution in [2.24, 2.45) is 0 Å². The van der Waals surface area contributed by atoms with Gasteiger partial charge in [-0.2, -0.15) is 0 Å². The molecule has 9 nitrogen and oxygen atoms in total. The van der Waals surface area contributed by atoms with E-state index in [1.807, 2.05) is 35.9 Å². The van der Waals surface area contributed by atoms with Gasteiger partial charge in [0.05, 0.1) is 18.2 Å². The molecular weight excluding hydrogens is 514 g/mol. The molecule has 204 valence electrons. The van der Waals surface area contributed by atoms with Crippen LogP contribution in [0.25, 0.3) is 10.9 Å². The third-order valence-corrected chi connectivity index (χ3v) is 8.40. The number of nitrogens with one attached hydrogen (secondary N) is 1. The summed E-state index contributed by atoms with van der Waals surface area (Å²) in [6, 6.07) is 11.8. The first-order valence-corrected chi connectivity index (χ1v) is 14.0. The van der Waals surface area contributed by atoms with Crippen molar-refractivity contribution in [1.29, 1.82) is 0 Å². The fourth-order valence-corrected chi connectivity index (χ4v) is 6.12. The number of aromatic amines is 1. The van der Waals surface area contributed by atoms with Gasteiger partial charge in [0.25, 0.3) is 5.56 Å². The van der Waals surface area contributed by atoms with E-state index in [0.717, 1.165) is 78.4 Å². The fraction of sp³-hybridized carbons (Fsp3) is 0.448. The third kappa shape index (κ3) is 5.06. The maximum absolute atomic E-state index is 13.7. The molecule has 4 heterocycles. The summed E-state index contributed by atoms with van der Waals surface area (Å²) < 4.78 is 7.73. The highest BCUT2D eigenvalue weighted by Gasteiger charge is 2.34. The molecule has 1 N–H and O–H groups in total. The number of aromatic nitrogens is 5. The molecule has 39 heavy (non-hydrogen) atoms. The number of hydrogen-bond acceptors (Lipinski definition) is 7. The lowest BCUT2D eigenvalue weighted by Gasteiger charge is -2.40. The SMILES string of the molecule is Cc1ccc(Cl)cc1N1CCN(C(c2cc3c(C)ccc(C)c3[nH]c2=O)c2nnnn2CC2CCCO2)CC1. The van der Waals surface area contributed by atoms with Gasteiger partial charge < -0.3 is 14.6 Å². The molecule has 2 aliphatic rings. The number of H-pyrrole nitrogens is 1. The summed E-state index contributed by atoms with van der Waals surface area (Å²) in [5.41, 5.74) is 5.94. The van der Waals surface area contributed by atoms with Gasteiger partial charge >= 0.3 is 0 Å². The summed E-state index contributed by atoms with van der Waals surface area (Å²) in [4.78, 5) is 21.6. The Morgan fingerprint density at radius 1 is 1.05 bits per heavy atom. The van der Waals surface area contributed by atoms with Crippen LogP contribution in [-0.2, 0) is 11.3 Å². The lowest BCUT2D eigenvalue weighted by atomic mass is 9.99. The van der Waals surface area contributed by atoms with Gasteiger partial charge in [0.1, 0.15) is 6.04 Å². The molecule has 2 aromatic carbocycles. The predicted molar refractivity (Wildman–Crippen MR) is 153 cm³/mol. The lowest BCUT2D eigenvalue weighted by molar-refractivity contribution is 0.0906. The maximum Gasteiger partial charge on any atom is 0.253 e. The molecule has 2 atom stereocenters. The topological polar surface area (TPSA) is 92.2 Å². The predicted octanol–water partition coefficient (Wildman–Crippen LogP) is 4.18. The van der Waals surface area contributed by atoms with Crippen LogP contribution in [0.5, 0.6) is 0 Å². The first kappa shape index (κ1) is 26.0. The molecule has 2 saturated heterocycles. The van der Waals surface area contributed by atoms with Crippen molar-refractivity contribution < 1.29 is 4.74 Å². The molecule has 0 radical (unpaired) electrons. The van der Waals surface area contributed by atoms with Crippen molar-refractivity contribution in [2.75, 3.05) is 37.7 Å². The van der Waals surface area contributed by atoms with Crippen LogP contribution < -0.4 is 10.5 Å². The van der Waals surface area contributed by atoms with E-state index in [0.29, 0.717) is 17.9 Å². The molecule has 10 heteroatoms. The Morgan fingerprint density at radius 2 is 1.82 bits per heavy atom. The molecule has 0 aliphatic carbocycles. The molecule has 0 saturated carbocycles. The van der Waals surface area contributed by atoms with Gasteiger partial charge in [-0.3, -0.25) is 9.69 Å². The largest absolute Gasteiger partial charge is 0.376 e. The van der Waals surface area contributed by atoms with Gasteiger partial charge in [-0.1, -0.05) is 29.8 Å². The van der Waals surface area contributed by atoms with E-state index >= 15 is 0 Å². The zero-order valence-corrected chi connectivity index (χ0v) is 23.4. The second-order valence-corrected chi connectivity index (χ2v) is 11.2. The minimum atomic E-state index is -0.392. The van der Waals surface area contributed by atoms with Gasteiger partial charge in [0.2, 0.25) is 0 Å². The smallest absolute Gasteiger partial charge is 0.253 e. The minimum absolute atomic E-state index is 0.0790. The van der Waals surface area contributed by atoms with Crippen LogP contribution in [0, 0.1) is 20.8 Å². The average Bonchev–Trinajstić information content (AvgIpc) is 3.62. The summed E-state index contributed by atoms with van der Waals surface area (Å²) in [7, 11) is 0. The first-order chi connectivity index (χ1) is 18.9. The number of benzene rings is 2. The van der Waals surface area contributed by atoms with E-state index in [2.05, 4.69) is 56.3 Å². The van der Waals surface area contributed by atoms with E-state index in [-0.39, 0.29) is 11.7 Å². The van der Waals surface area contributed by atoms with Crippen molar-refractivity contribution in [1.82, 2.24) is 30.1 Å². The zero-order chi connectivity index (χ0) is 27.1. The molecule has 0 spiro atoms. The zero-order valence-electron chi connectivity index (χ0n) is 22.7. The number of anilines is 1. The number of pyridine rings is 1. The Morgan fingerprint density at radius 3 is 2.59 bits per heavy atom. The summed E-state index contributed by atoms with van der Waals surface area (Å²) >= 11 is 6.33. The Balaban J connectivity index is 1.39. The average molecular weight is 548 g/mol. The van der Waals surface area contributed by atoms with Gasteiger partial charge in [-0.25, -0.2) is 4.68 Å². The van der Waals surface area contributed by atoms with E-state index in [9.17, 15) is 4.79 Å². The second-order valence-electron chi connectivity index (χ2n) is 10.8. The number of hydrogen-bond donors (Lipinski definition) is 1. The minimum Gasteiger partial charge on any atom is -0.376 e. The Hall–Kier alpha value is -3.27. The molecule has 4 aromatic rings. The van der Waals surface area contributed by atoms with Crippen molar-refractivity contribution >= 4 is 28.2 Å². The number of fused-ring (bicyclic) bond motifs is 1. The molecule has 0 bridgehead atoms. The number of rotatable bonds is 6. The van der Waals surface area contributed by atoms with Gasteiger partial charge in [0, 0.05) is 54.4 Å². The maximum atomic E-state index is 13.7. The Kier molecular flexibility index (Phi) is 7.14. The summed E-state index contributed by atoms with van der Waals surface area (Å²) in [5, 5.41) is 14.7. The summed E-state index contributed by atoms with van der Waals surface area (Å²) in [6.07, 6.45) is 2.10. The highest BCUT2D eigenvalue weighted by atomic mass is 35.5. The number of nitrogens with zero attached hydrogens (tertiary/aromatic N) is 6. The second kappa shape index (κ2) is 10.7. The van der Waals surface area contributed by atoms with Crippen LogP contribution in [0.4, 0.5) is 5.69 Å². The van der Waals surface area contributed by atoms with Crippen molar-refractivity contribution in [3.05, 3.63) is 79.9 Å². The van der Waals surface area contributed by atoms with Gasteiger partial charge in [-0.05, 0) is 78.9 Å². The van der Waals surface area contributed by atoms with E-state index in [4.69, 9.17) is 16.3 Å². The summed E-state index contributed by atoms with van der Waals surface area (Å²) in [6.45, 7) is 10.6. The first-order valence-electron chi connectivity index (χ1n) is 13.6. The lowest BCUT2D eigenvalue weighted by Crippen LogP contribution is -2.49. The number of tetrazole rings is 1. The number of ether oxygens (including phenoxy) is 1. The quantitative estimate of drug-likeness (QED) is 0.387. The van der Waals surface area contributed by atoms with Gasteiger partial charge in [0.15, 0.2) is 5.82 Å². The van der Waals surface area contributed by atoms with Crippen LogP contribution in [0.3, 0.4) is 0 Å². The molecule has 6 rings (SSSR count).